The predicted molar refractivity (Wildman–Crippen MR) is 229 cm³/mol. The minimum atomic E-state index is 0.551. The van der Waals surface area contributed by atoms with Gasteiger partial charge in [-0.05, 0) is 47.5 Å². The van der Waals surface area contributed by atoms with Crippen molar-refractivity contribution in [3.8, 4) is 56.4 Å². The molecule has 0 atom stereocenters. The van der Waals surface area contributed by atoms with Crippen molar-refractivity contribution in [2.45, 2.75) is 0 Å². The Labute approximate surface area is 325 Å². The van der Waals surface area contributed by atoms with Crippen molar-refractivity contribution in [1.29, 1.82) is 0 Å². The molecule has 0 amide bonds. The molecule has 0 aliphatic rings. The molecule has 0 unspecified atom stereocenters. The lowest BCUT2D eigenvalue weighted by Gasteiger charge is -2.11. The minimum absolute atomic E-state index is 0.551. The molecule has 57 heavy (non-hydrogen) atoms. The first-order valence-electron chi connectivity index (χ1n) is 18.9. The second-order valence-electron chi connectivity index (χ2n) is 14.3. The van der Waals surface area contributed by atoms with Crippen molar-refractivity contribution in [3.05, 3.63) is 176 Å². The van der Waals surface area contributed by atoms with Crippen molar-refractivity contribution < 1.29 is 13.3 Å². The Morgan fingerprint density at radius 1 is 0.263 bits per heavy atom. The van der Waals surface area contributed by atoms with Crippen LogP contribution in [0.25, 0.3) is 122 Å². The molecular weight excluding hydrogens is 703 g/mol. The number of hydrogen-bond donors (Lipinski definition) is 0. The van der Waals surface area contributed by atoms with Crippen molar-refractivity contribution in [2.24, 2.45) is 0 Å². The molecule has 0 aliphatic carbocycles. The summed E-state index contributed by atoms with van der Waals surface area (Å²) < 4.78 is 19.5. The number of aromatic nitrogens is 3. The Morgan fingerprint density at radius 2 is 0.667 bits per heavy atom. The van der Waals surface area contributed by atoms with E-state index in [0.29, 0.717) is 17.5 Å². The van der Waals surface area contributed by atoms with E-state index in [4.69, 9.17) is 28.2 Å². The van der Waals surface area contributed by atoms with Gasteiger partial charge in [0.25, 0.3) is 0 Å². The van der Waals surface area contributed by atoms with Crippen LogP contribution in [-0.2, 0) is 0 Å². The van der Waals surface area contributed by atoms with Crippen LogP contribution in [0.4, 0.5) is 0 Å². The molecule has 0 saturated heterocycles. The third-order valence-electron chi connectivity index (χ3n) is 11.0. The number of para-hydroxylation sites is 4. The second kappa shape index (κ2) is 12.3. The van der Waals surface area contributed by atoms with E-state index in [0.717, 1.165) is 105 Å². The van der Waals surface area contributed by atoms with E-state index >= 15 is 0 Å². The van der Waals surface area contributed by atoms with Gasteiger partial charge in [0.1, 0.15) is 33.5 Å². The molecule has 4 aromatic heterocycles. The average Bonchev–Trinajstić information content (AvgIpc) is 3.97. The van der Waals surface area contributed by atoms with E-state index < -0.39 is 0 Å². The van der Waals surface area contributed by atoms with E-state index in [1.807, 2.05) is 72.8 Å². The second-order valence-corrected chi connectivity index (χ2v) is 14.3. The van der Waals surface area contributed by atoms with Crippen LogP contribution in [0, 0.1) is 0 Å². The van der Waals surface area contributed by atoms with Crippen molar-refractivity contribution in [3.63, 3.8) is 0 Å². The number of rotatable bonds is 5. The topological polar surface area (TPSA) is 78.1 Å². The molecular formula is C51H29N3O3. The third kappa shape index (κ3) is 5.01. The fourth-order valence-electron chi connectivity index (χ4n) is 8.28. The number of hydrogen-bond acceptors (Lipinski definition) is 6. The van der Waals surface area contributed by atoms with E-state index in [9.17, 15) is 0 Å². The number of nitrogens with zero attached hydrogens (tertiary/aromatic N) is 3. The van der Waals surface area contributed by atoms with Gasteiger partial charge in [0.15, 0.2) is 17.5 Å². The first-order chi connectivity index (χ1) is 28.2. The maximum Gasteiger partial charge on any atom is 0.164 e. The van der Waals surface area contributed by atoms with Gasteiger partial charge in [-0.3, -0.25) is 0 Å². The number of benzene rings is 8. The molecule has 0 spiro atoms. The van der Waals surface area contributed by atoms with Gasteiger partial charge >= 0.3 is 0 Å². The Morgan fingerprint density at radius 3 is 1.28 bits per heavy atom. The zero-order valence-corrected chi connectivity index (χ0v) is 30.3. The maximum atomic E-state index is 6.83. The zero-order chi connectivity index (χ0) is 37.5. The molecule has 6 heteroatoms. The number of furan rings is 3. The summed E-state index contributed by atoms with van der Waals surface area (Å²) in [6.45, 7) is 0. The van der Waals surface area contributed by atoms with Gasteiger partial charge in [-0.15, -0.1) is 0 Å². The summed E-state index contributed by atoms with van der Waals surface area (Å²) in [7, 11) is 0. The Hall–Kier alpha value is -7.83. The van der Waals surface area contributed by atoms with E-state index in [1.165, 1.54) is 0 Å². The first-order valence-corrected chi connectivity index (χ1v) is 18.9. The first kappa shape index (κ1) is 31.5. The van der Waals surface area contributed by atoms with Crippen LogP contribution in [-0.4, -0.2) is 15.0 Å². The van der Waals surface area contributed by atoms with Crippen molar-refractivity contribution in [2.75, 3.05) is 0 Å². The summed E-state index contributed by atoms with van der Waals surface area (Å²) in [5.41, 5.74) is 11.7. The fraction of sp³-hybridized carbons (Fsp3) is 0. The quantitative estimate of drug-likeness (QED) is 0.175. The summed E-state index contributed by atoms with van der Waals surface area (Å²) in [6, 6.07) is 59.8. The van der Waals surface area contributed by atoms with E-state index in [2.05, 4.69) is 103 Å². The summed E-state index contributed by atoms with van der Waals surface area (Å²) in [4.78, 5) is 15.0. The minimum Gasteiger partial charge on any atom is -0.456 e. The van der Waals surface area contributed by atoms with Crippen LogP contribution in [0.1, 0.15) is 0 Å². The molecule has 0 fully saturated rings. The SMILES string of the molecule is c1ccc(-c2nc(-c3ccc4c(c3)oc3ccccc34)nc(-c3ccc4c(c3)oc3c(-c5ccccc5-c5cccc6c5oc5ccccc56)cccc34)n2)cc1. The van der Waals surface area contributed by atoms with Gasteiger partial charge in [-0.2, -0.15) is 0 Å². The van der Waals surface area contributed by atoms with Gasteiger partial charge in [0.2, 0.25) is 0 Å². The highest BCUT2D eigenvalue weighted by Crippen LogP contribution is 2.43. The smallest absolute Gasteiger partial charge is 0.164 e. The third-order valence-corrected chi connectivity index (χ3v) is 11.0. The molecule has 6 nitrogen and oxygen atoms in total. The van der Waals surface area contributed by atoms with E-state index in [-0.39, 0.29) is 0 Å². The molecule has 0 saturated carbocycles. The van der Waals surface area contributed by atoms with Crippen LogP contribution in [0.15, 0.2) is 189 Å². The Bertz CT molecular complexity index is 3540. The Balaban J connectivity index is 1.00. The molecule has 266 valence electrons. The van der Waals surface area contributed by atoms with Crippen molar-refractivity contribution >= 4 is 65.8 Å². The fourth-order valence-corrected chi connectivity index (χ4v) is 8.28. The van der Waals surface area contributed by atoms with Crippen LogP contribution >= 0.6 is 0 Å². The molecule has 0 N–H and O–H groups in total. The molecule has 0 bridgehead atoms. The van der Waals surface area contributed by atoms with Crippen LogP contribution in [0.5, 0.6) is 0 Å². The van der Waals surface area contributed by atoms with Gasteiger partial charge in [0, 0.05) is 60.1 Å². The lowest BCUT2D eigenvalue weighted by Crippen LogP contribution is -2.00. The largest absolute Gasteiger partial charge is 0.456 e. The molecule has 12 rings (SSSR count). The van der Waals surface area contributed by atoms with Gasteiger partial charge in [0.05, 0.1) is 0 Å². The highest BCUT2D eigenvalue weighted by atomic mass is 16.3. The summed E-state index contributed by atoms with van der Waals surface area (Å²) in [5.74, 6) is 1.70. The van der Waals surface area contributed by atoms with Crippen molar-refractivity contribution in [1.82, 2.24) is 15.0 Å². The highest BCUT2D eigenvalue weighted by Gasteiger charge is 2.20. The summed E-state index contributed by atoms with van der Waals surface area (Å²) >= 11 is 0. The van der Waals surface area contributed by atoms with Crippen LogP contribution in [0.3, 0.4) is 0 Å². The van der Waals surface area contributed by atoms with E-state index in [1.54, 1.807) is 0 Å². The normalized spacial score (nSPS) is 11.9. The predicted octanol–water partition coefficient (Wildman–Crippen LogP) is 13.9. The van der Waals surface area contributed by atoms with Crippen LogP contribution < -0.4 is 0 Å². The summed E-state index contributed by atoms with van der Waals surface area (Å²) in [6.07, 6.45) is 0. The van der Waals surface area contributed by atoms with Gasteiger partial charge in [-0.25, -0.2) is 15.0 Å². The standard InChI is InChI=1S/C51H29N3O3/c1-2-12-30(13-3-1)49-52-50(31-24-26-37-35-16-6-8-22-43(35)55-45(37)28-31)54-51(53-49)32-25-27-38-42-21-11-19-40(48(42)57-46(38)29-32)34-15-5-4-14-33(34)39-18-10-20-41-36-17-7-9-23-44(36)56-47(39)41/h1-29H. The lowest BCUT2D eigenvalue weighted by atomic mass is 9.92. The molecule has 12 aromatic rings. The molecule has 0 aliphatic heterocycles. The average molecular weight is 732 g/mol. The van der Waals surface area contributed by atoms with Crippen LogP contribution in [0.2, 0.25) is 0 Å². The maximum absolute atomic E-state index is 6.83. The van der Waals surface area contributed by atoms with Gasteiger partial charge in [-0.1, -0.05) is 140 Å². The summed E-state index contributed by atoms with van der Waals surface area (Å²) in [5, 5.41) is 6.38. The highest BCUT2D eigenvalue weighted by molar-refractivity contribution is 6.14. The zero-order valence-electron chi connectivity index (χ0n) is 30.3. The molecule has 0 radical (unpaired) electrons. The van der Waals surface area contributed by atoms with Gasteiger partial charge < -0.3 is 13.3 Å². The number of fused-ring (bicyclic) bond motifs is 9. The monoisotopic (exact) mass is 731 g/mol. The molecule has 4 heterocycles. The lowest BCUT2D eigenvalue weighted by molar-refractivity contribution is 0.669. The molecule has 8 aromatic carbocycles. The Kier molecular flexibility index (Phi) is 6.83.